The van der Waals surface area contributed by atoms with Gasteiger partial charge in [0, 0.05) is 12.5 Å². The smallest absolute Gasteiger partial charge is 0.212 e. The molecule has 0 amide bonds. The highest BCUT2D eigenvalue weighted by molar-refractivity contribution is 8.00. The zero-order valence-electron chi connectivity index (χ0n) is 14.7. The number of pyridine rings is 1. The summed E-state index contributed by atoms with van der Waals surface area (Å²) in [5.41, 5.74) is 3.69. The monoisotopic (exact) mass is 360 g/mol. The fourth-order valence-electron chi connectivity index (χ4n) is 2.99. The molecule has 0 bridgehead atoms. The minimum atomic E-state index is -1.39. The summed E-state index contributed by atoms with van der Waals surface area (Å²) in [5, 5.41) is 12.8. The predicted octanol–water partition coefficient (Wildman–Crippen LogP) is 2.49. The molecule has 1 aliphatic rings. The first-order valence-electron chi connectivity index (χ1n) is 7.83. The highest BCUT2D eigenvalue weighted by Crippen LogP contribution is 2.32. The summed E-state index contributed by atoms with van der Waals surface area (Å²) in [6.07, 6.45) is 1.97. The van der Waals surface area contributed by atoms with Gasteiger partial charge < -0.3 is 14.7 Å². The highest BCUT2D eigenvalue weighted by Gasteiger charge is 2.25. The lowest BCUT2D eigenvalue weighted by Crippen LogP contribution is -2.34. The van der Waals surface area contributed by atoms with E-state index in [1.807, 2.05) is 32.0 Å². The van der Waals surface area contributed by atoms with Crippen LogP contribution < -0.4 is 14.2 Å². The fraction of sp³-hybridized carbons (Fsp3) is 0.333. The normalized spacial score (nSPS) is 14.0. The number of fused-ring (bicyclic) bond motifs is 1. The van der Waals surface area contributed by atoms with Crippen LogP contribution in [0.2, 0.25) is 0 Å². The molecule has 1 aliphatic heterocycles. The van der Waals surface area contributed by atoms with Gasteiger partial charge >= 0.3 is 0 Å². The Morgan fingerprint density at radius 2 is 2.04 bits per heavy atom. The second-order valence-corrected chi connectivity index (χ2v) is 7.36. The summed E-state index contributed by atoms with van der Waals surface area (Å²) >= 11 is 0. The molecule has 2 heterocycles. The lowest BCUT2D eigenvalue weighted by Gasteiger charge is -2.13. The number of aromatic nitrogens is 1. The second-order valence-electron chi connectivity index (χ2n) is 5.91. The van der Waals surface area contributed by atoms with Crippen LogP contribution in [0.4, 0.5) is 5.69 Å². The largest absolute Gasteiger partial charge is 0.618 e. The Bertz CT molecular complexity index is 893. The van der Waals surface area contributed by atoms with Gasteiger partial charge in [0.2, 0.25) is 5.69 Å². The van der Waals surface area contributed by atoms with Crippen LogP contribution in [0.5, 0.6) is 11.5 Å². The Morgan fingerprint density at radius 1 is 1.28 bits per heavy atom. The van der Waals surface area contributed by atoms with Crippen LogP contribution in [0.25, 0.3) is 0 Å². The van der Waals surface area contributed by atoms with Gasteiger partial charge in [-0.3, -0.25) is 4.21 Å². The summed E-state index contributed by atoms with van der Waals surface area (Å²) in [6.45, 7) is 3.62. The molecule has 132 valence electrons. The Labute approximate surface area is 149 Å². The van der Waals surface area contributed by atoms with E-state index >= 15 is 0 Å². The van der Waals surface area contributed by atoms with Gasteiger partial charge in [-0.1, -0.05) is 6.07 Å². The quantitative estimate of drug-likeness (QED) is 0.620. The third kappa shape index (κ3) is 3.24. The van der Waals surface area contributed by atoms with Crippen molar-refractivity contribution in [1.82, 2.24) is 0 Å². The van der Waals surface area contributed by atoms with Crippen molar-refractivity contribution < 1.29 is 18.4 Å². The number of aliphatic imine (C=N–C) groups is 1. The minimum Gasteiger partial charge on any atom is -0.618 e. The van der Waals surface area contributed by atoms with Gasteiger partial charge in [-0.05, 0) is 25.5 Å². The van der Waals surface area contributed by atoms with E-state index in [2.05, 4.69) is 4.99 Å². The molecule has 0 saturated heterocycles. The van der Waals surface area contributed by atoms with Gasteiger partial charge in [0.05, 0.1) is 41.8 Å². The average molecular weight is 360 g/mol. The third-order valence-corrected chi connectivity index (χ3v) is 5.62. The summed E-state index contributed by atoms with van der Waals surface area (Å²) in [4.78, 5) is 4.47. The first-order valence-corrected chi connectivity index (χ1v) is 9.15. The number of ether oxygens (including phenoxy) is 2. The number of methoxy groups -OCH3 is 2. The van der Waals surface area contributed by atoms with E-state index in [1.54, 1.807) is 14.2 Å². The van der Waals surface area contributed by atoms with E-state index in [9.17, 15) is 9.42 Å². The lowest BCUT2D eigenvalue weighted by molar-refractivity contribution is -0.613. The molecule has 1 aromatic heterocycles. The van der Waals surface area contributed by atoms with Crippen LogP contribution in [0.1, 0.15) is 22.4 Å². The topological polar surface area (TPSA) is 74.8 Å². The number of hydrogen-bond acceptors (Lipinski definition) is 5. The molecule has 0 radical (unpaired) electrons. The molecule has 0 N–H and O–H groups in total. The molecule has 0 spiro atoms. The molecule has 0 fully saturated rings. The average Bonchev–Trinajstić information content (AvgIpc) is 3.01. The molecule has 0 saturated carbocycles. The summed E-state index contributed by atoms with van der Waals surface area (Å²) in [6, 6.07) is 5.62. The van der Waals surface area contributed by atoms with E-state index in [1.165, 1.54) is 6.20 Å². The van der Waals surface area contributed by atoms with E-state index < -0.39 is 10.8 Å². The molecule has 1 unspecified atom stereocenters. The number of rotatable bonds is 4. The van der Waals surface area contributed by atoms with Gasteiger partial charge in [-0.25, -0.2) is 4.99 Å². The highest BCUT2D eigenvalue weighted by atomic mass is 32.2. The molecule has 6 nitrogen and oxygen atoms in total. The third-order valence-electron chi connectivity index (χ3n) is 4.32. The Morgan fingerprint density at radius 3 is 2.72 bits per heavy atom. The van der Waals surface area contributed by atoms with Crippen molar-refractivity contribution in [2.24, 2.45) is 4.99 Å². The molecule has 7 heteroatoms. The van der Waals surface area contributed by atoms with Crippen LogP contribution in [-0.2, 0) is 23.0 Å². The molecule has 0 aliphatic carbocycles. The standard InChI is InChI=1S/C18H20N2O4S/c1-11-9-20(21)16(12(2)18(11)24-4)10-25(22)17-7-13-5-6-14(23-3)8-15(13)19-17/h5-6,8-9H,7,10H2,1-4H3. The van der Waals surface area contributed by atoms with Crippen molar-refractivity contribution >= 4 is 21.5 Å². The molecule has 1 aromatic carbocycles. The Kier molecular flexibility index (Phi) is 4.76. The predicted molar refractivity (Wildman–Crippen MR) is 97.1 cm³/mol. The van der Waals surface area contributed by atoms with Crippen LogP contribution in [0.15, 0.2) is 29.4 Å². The van der Waals surface area contributed by atoms with E-state index in [-0.39, 0.29) is 5.75 Å². The van der Waals surface area contributed by atoms with E-state index in [0.29, 0.717) is 34.2 Å². The lowest BCUT2D eigenvalue weighted by atomic mass is 10.1. The maximum atomic E-state index is 12.8. The number of benzene rings is 1. The summed E-state index contributed by atoms with van der Waals surface area (Å²) in [5.74, 6) is 1.47. The van der Waals surface area contributed by atoms with Crippen LogP contribution in [0.3, 0.4) is 0 Å². The first-order chi connectivity index (χ1) is 11.9. The molecular weight excluding hydrogens is 340 g/mol. The van der Waals surface area contributed by atoms with Crippen LogP contribution in [0, 0.1) is 19.1 Å². The molecule has 2 aromatic rings. The van der Waals surface area contributed by atoms with Gasteiger partial charge in [-0.15, -0.1) is 0 Å². The number of aryl methyl sites for hydroxylation is 1. The number of nitrogens with zero attached hydrogens (tertiary/aromatic N) is 2. The van der Waals surface area contributed by atoms with Crippen molar-refractivity contribution in [3.63, 3.8) is 0 Å². The first kappa shape index (κ1) is 17.4. The van der Waals surface area contributed by atoms with E-state index in [0.717, 1.165) is 21.5 Å². The second kappa shape index (κ2) is 6.84. The zero-order valence-corrected chi connectivity index (χ0v) is 15.5. The fourth-order valence-corrected chi connectivity index (χ4v) is 4.27. The van der Waals surface area contributed by atoms with E-state index in [4.69, 9.17) is 9.47 Å². The van der Waals surface area contributed by atoms with Gasteiger partial charge in [-0.2, -0.15) is 4.73 Å². The maximum Gasteiger partial charge on any atom is 0.212 e. The van der Waals surface area contributed by atoms with Crippen molar-refractivity contribution in [2.75, 3.05) is 14.2 Å². The summed E-state index contributed by atoms with van der Waals surface area (Å²) in [7, 11) is 1.78. The number of hydrogen-bond donors (Lipinski definition) is 0. The van der Waals surface area contributed by atoms with Gasteiger partial charge in [0.1, 0.15) is 22.3 Å². The zero-order chi connectivity index (χ0) is 18.1. The van der Waals surface area contributed by atoms with Crippen LogP contribution >= 0.6 is 0 Å². The molecule has 3 rings (SSSR count). The molecule has 25 heavy (non-hydrogen) atoms. The van der Waals surface area contributed by atoms with Gasteiger partial charge in [0.15, 0.2) is 6.20 Å². The van der Waals surface area contributed by atoms with Crippen molar-refractivity contribution in [3.8, 4) is 11.5 Å². The Balaban J connectivity index is 1.87. The van der Waals surface area contributed by atoms with Gasteiger partial charge in [0.25, 0.3) is 0 Å². The SMILES string of the molecule is COc1ccc2c(c1)N=C(S(=O)Cc1c(C)c(OC)c(C)c[n+]1[O-])C2. The van der Waals surface area contributed by atoms with Crippen molar-refractivity contribution in [1.29, 1.82) is 0 Å². The Hall–Kier alpha value is -2.41. The maximum absolute atomic E-state index is 12.8. The van der Waals surface area contributed by atoms with Crippen molar-refractivity contribution in [2.45, 2.75) is 26.0 Å². The summed E-state index contributed by atoms with van der Waals surface area (Å²) < 4.78 is 24.1. The van der Waals surface area contributed by atoms with Crippen molar-refractivity contribution in [3.05, 3.63) is 52.0 Å². The molecule has 1 atom stereocenters. The molecular formula is C18H20N2O4S. The van der Waals surface area contributed by atoms with Crippen LogP contribution in [-0.4, -0.2) is 23.5 Å². The minimum absolute atomic E-state index is 0.107.